The van der Waals surface area contributed by atoms with Crippen molar-refractivity contribution in [2.75, 3.05) is 5.32 Å². The number of anilines is 1. The van der Waals surface area contributed by atoms with E-state index in [4.69, 9.17) is 11.6 Å². The lowest BCUT2D eigenvalue weighted by Crippen LogP contribution is -2.13. The van der Waals surface area contributed by atoms with Crippen molar-refractivity contribution in [3.63, 3.8) is 0 Å². The number of aryl methyl sites for hydroxylation is 1. The number of rotatable bonds is 4. The van der Waals surface area contributed by atoms with Crippen LogP contribution in [0, 0.1) is 6.92 Å². The summed E-state index contributed by atoms with van der Waals surface area (Å²) in [6.45, 7) is 2.54. The number of hydrogen-bond acceptors (Lipinski definition) is 3. The first-order chi connectivity index (χ1) is 11.1. The molecule has 2 aromatic carbocycles. The van der Waals surface area contributed by atoms with E-state index >= 15 is 0 Å². The molecular weight excluding hydrogens is 312 g/mol. The van der Waals surface area contributed by atoms with Crippen LogP contribution in [0.3, 0.4) is 0 Å². The maximum absolute atomic E-state index is 12.3. The van der Waals surface area contributed by atoms with Crippen molar-refractivity contribution in [3.8, 4) is 0 Å². The smallest absolute Gasteiger partial charge is 0.255 e. The summed E-state index contributed by atoms with van der Waals surface area (Å²) >= 11 is 5.97. The monoisotopic (exact) mass is 326 g/mol. The molecule has 0 spiro atoms. The summed E-state index contributed by atoms with van der Waals surface area (Å²) in [6.07, 6.45) is 3.15. The van der Waals surface area contributed by atoms with Crippen molar-refractivity contribution in [3.05, 3.63) is 76.8 Å². The summed E-state index contributed by atoms with van der Waals surface area (Å²) in [6, 6.07) is 12.8. The maximum Gasteiger partial charge on any atom is 0.255 e. The molecule has 0 radical (unpaired) electrons. The van der Waals surface area contributed by atoms with Gasteiger partial charge < -0.3 is 5.32 Å². The SMILES string of the molecule is Cc1ccc(Cl)cc1NC(=O)c1ccc(Cn2cncn2)cc1. The molecule has 3 aromatic rings. The van der Waals surface area contributed by atoms with Crippen LogP contribution in [0.2, 0.25) is 5.02 Å². The number of carbonyl (C=O) groups is 1. The van der Waals surface area contributed by atoms with Crippen LogP contribution in [0.1, 0.15) is 21.5 Å². The van der Waals surface area contributed by atoms with Gasteiger partial charge in [-0.1, -0.05) is 29.8 Å². The molecule has 1 heterocycles. The predicted molar refractivity (Wildman–Crippen MR) is 89.7 cm³/mol. The van der Waals surface area contributed by atoms with E-state index in [2.05, 4.69) is 15.4 Å². The second-order valence-corrected chi connectivity index (χ2v) is 5.64. The lowest BCUT2D eigenvalue weighted by molar-refractivity contribution is 0.102. The van der Waals surface area contributed by atoms with Gasteiger partial charge in [-0.05, 0) is 42.3 Å². The third-order valence-corrected chi connectivity index (χ3v) is 3.71. The van der Waals surface area contributed by atoms with Crippen LogP contribution in [0.4, 0.5) is 5.69 Å². The van der Waals surface area contributed by atoms with Crippen LogP contribution < -0.4 is 5.32 Å². The second-order valence-electron chi connectivity index (χ2n) is 5.20. The summed E-state index contributed by atoms with van der Waals surface area (Å²) in [4.78, 5) is 16.2. The van der Waals surface area contributed by atoms with Gasteiger partial charge in [0.25, 0.3) is 5.91 Å². The topological polar surface area (TPSA) is 59.8 Å². The number of halogens is 1. The zero-order valence-corrected chi connectivity index (χ0v) is 13.3. The van der Waals surface area contributed by atoms with Gasteiger partial charge >= 0.3 is 0 Å². The quantitative estimate of drug-likeness (QED) is 0.797. The number of nitrogens with one attached hydrogen (secondary N) is 1. The number of aromatic nitrogens is 3. The van der Waals surface area contributed by atoms with E-state index < -0.39 is 0 Å². The molecule has 0 aliphatic rings. The molecule has 23 heavy (non-hydrogen) atoms. The van der Waals surface area contributed by atoms with E-state index in [0.717, 1.165) is 11.1 Å². The molecule has 0 bridgehead atoms. The lowest BCUT2D eigenvalue weighted by atomic mass is 10.1. The molecule has 6 heteroatoms. The van der Waals surface area contributed by atoms with Gasteiger partial charge in [-0.3, -0.25) is 4.79 Å². The van der Waals surface area contributed by atoms with Crippen LogP contribution >= 0.6 is 11.6 Å². The summed E-state index contributed by atoms with van der Waals surface area (Å²) in [5.74, 6) is -0.164. The molecule has 0 unspecified atom stereocenters. The van der Waals surface area contributed by atoms with Gasteiger partial charge in [-0.15, -0.1) is 0 Å². The third kappa shape index (κ3) is 3.76. The fourth-order valence-electron chi connectivity index (χ4n) is 2.19. The highest BCUT2D eigenvalue weighted by Gasteiger charge is 2.08. The number of amides is 1. The molecule has 0 fully saturated rings. The highest BCUT2D eigenvalue weighted by atomic mass is 35.5. The summed E-state index contributed by atoms with van der Waals surface area (Å²) in [5, 5.41) is 7.53. The fourth-order valence-corrected chi connectivity index (χ4v) is 2.36. The minimum atomic E-state index is -0.164. The Balaban J connectivity index is 1.71. The van der Waals surface area contributed by atoms with Gasteiger partial charge in [-0.2, -0.15) is 5.10 Å². The standard InChI is InChI=1S/C17H15ClN4O/c1-12-2-7-15(18)8-16(12)21-17(23)14-5-3-13(4-6-14)9-22-11-19-10-20-22/h2-8,10-11H,9H2,1H3,(H,21,23). The largest absolute Gasteiger partial charge is 0.322 e. The first-order valence-corrected chi connectivity index (χ1v) is 7.48. The molecule has 0 saturated carbocycles. The maximum atomic E-state index is 12.3. The van der Waals surface area contributed by atoms with Crippen LogP contribution in [-0.2, 0) is 6.54 Å². The lowest BCUT2D eigenvalue weighted by Gasteiger charge is -2.09. The Morgan fingerprint density at radius 1 is 1.22 bits per heavy atom. The molecule has 5 nitrogen and oxygen atoms in total. The third-order valence-electron chi connectivity index (χ3n) is 3.48. The Labute approximate surface area is 138 Å². The van der Waals surface area contributed by atoms with Crippen LogP contribution in [0.5, 0.6) is 0 Å². The molecule has 0 saturated heterocycles. The van der Waals surface area contributed by atoms with E-state index in [0.29, 0.717) is 22.8 Å². The van der Waals surface area contributed by atoms with Crippen molar-refractivity contribution < 1.29 is 4.79 Å². The Morgan fingerprint density at radius 3 is 2.70 bits per heavy atom. The fraction of sp³-hybridized carbons (Fsp3) is 0.118. The van der Waals surface area contributed by atoms with Gasteiger partial charge in [-0.25, -0.2) is 9.67 Å². The van der Waals surface area contributed by atoms with Crippen molar-refractivity contribution >= 4 is 23.2 Å². The highest BCUT2D eigenvalue weighted by molar-refractivity contribution is 6.31. The number of benzene rings is 2. The molecule has 1 aromatic heterocycles. The number of nitrogens with zero attached hydrogens (tertiary/aromatic N) is 3. The Bertz CT molecular complexity index is 813. The van der Waals surface area contributed by atoms with Crippen molar-refractivity contribution in [1.82, 2.24) is 14.8 Å². The van der Waals surface area contributed by atoms with E-state index in [-0.39, 0.29) is 5.91 Å². The minimum Gasteiger partial charge on any atom is -0.322 e. The molecule has 3 rings (SSSR count). The predicted octanol–water partition coefficient (Wildman–Crippen LogP) is 3.54. The Kier molecular flexibility index (Phi) is 4.39. The first kappa shape index (κ1) is 15.2. The molecule has 1 amide bonds. The van der Waals surface area contributed by atoms with Gasteiger partial charge in [0, 0.05) is 16.3 Å². The molecule has 116 valence electrons. The number of carbonyl (C=O) groups excluding carboxylic acids is 1. The van der Waals surface area contributed by atoms with E-state index in [9.17, 15) is 4.79 Å². The highest BCUT2D eigenvalue weighted by Crippen LogP contribution is 2.21. The second kappa shape index (κ2) is 6.62. The van der Waals surface area contributed by atoms with Gasteiger partial charge in [0.15, 0.2) is 0 Å². The zero-order chi connectivity index (χ0) is 16.2. The van der Waals surface area contributed by atoms with Crippen LogP contribution in [0.15, 0.2) is 55.1 Å². The average molecular weight is 327 g/mol. The molecule has 0 atom stereocenters. The van der Waals surface area contributed by atoms with Crippen LogP contribution in [0.25, 0.3) is 0 Å². The molecular formula is C17H15ClN4O. The van der Waals surface area contributed by atoms with Gasteiger partial charge in [0.2, 0.25) is 0 Å². The first-order valence-electron chi connectivity index (χ1n) is 7.11. The Hall–Kier alpha value is -2.66. The number of hydrogen-bond donors (Lipinski definition) is 1. The molecule has 0 aliphatic heterocycles. The van der Waals surface area contributed by atoms with Crippen LogP contribution in [-0.4, -0.2) is 20.7 Å². The van der Waals surface area contributed by atoms with Crippen molar-refractivity contribution in [2.24, 2.45) is 0 Å². The van der Waals surface area contributed by atoms with Gasteiger partial charge in [0.05, 0.1) is 6.54 Å². The van der Waals surface area contributed by atoms with E-state index in [1.165, 1.54) is 6.33 Å². The average Bonchev–Trinajstić information content (AvgIpc) is 3.04. The zero-order valence-electron chi connectivity index (χ0n) is 12.5. The summed E-state index contributed by atoms with van der Waals surface area (Å²) in [7, 11) is 0. The van der Waals surface area contributed by atoms with Gasteiger partial charge in [0.1, 0.15) is 12.7 Å². The normalized spacial score (nSPS) is 10.5. The summed E-state index contributed by atoms with van der Waals surface area (Å²) < 4.78 is 1.73. The Morgan fingerprint density at radius 2 is 2.00 bits per heavy atom. The van der Waals surface area contributed by atoms with E-state index in [1.807, 2.05) is 25.1 Å². The summed E-state index contributed by atoms with van der Waals surface area (Å²) in [5.41, 5.74) is 3.32. The molecule has 1 N–H and O–H groups in total. The molecule has 0 aliphatic carbocycles. The van der Waals surface area contributed by atoms with E-state index in [1.54, 1.807) is 35.3 Å². The van der Waals surface area contributed by atoms with Crippen molar-refractivity contribution in [2.45, 2.75) is 13.5 Å². The minimum absolute atomic E-state index is 0.164. The van der Waals surface area contributed by atoms with Crippen molar-refractivity contribution in [1.29, 1.82) is 0 Å².